The normalized spacial score (nSPS) is 11.0. The second kappa shape index (κ2) is 6.41. The number of H-pyrrole nitrogens is 1. The van der Waals surface area contributed by atoms with Crippen LogP contribution in [0, 0.1) is 20.8 Å². The van der Waals surface area contributed by atoms with Crippen molar-refractivity contribution in [1.29, 1.82) is 0 Å². The van der Waals surface area contributed by atoms with Crippen LogP contribution < -0.4 is 22.4 Å². The van der Waals surface area contributed by atoms with Gasteiger partial charge in [0.2, 0.25) is 5.88 Å². The summed E-state index contributed by atoms with van der Waals surface area (Å²) in [6.07, 6.45) is 0.910. The van der Waals surface area contributed by atoms with E-state index in [1.54, 1.807) is 13.8 Å². The third-order valence-electron chi connectivity index (χ3n) is 3.35. The van der Waals surface area contributed by atoms with Gasteiger partial charge in [0.15, 0.2) is 0 Å². The molecule has 1 aromatic heterocycles. The van der Waals surface area contributed by atoms with Gasteiger partial charge in [-0.25, -0.2) is 19.6 Å². The minimum Gasteiger partial charge on any atom is -0.493 e. The number of hydrogen-bond donors (Lipinski definition) is 4. The summed E-state index contributed by atoms with van der Waals surface area (Å²) >= 11 is 0. The Kier molecular flexibility index (Phi) is 4.54. The number of hydrazone groups is 1. The Bertz CT molecular complexity index is 932. The summed E-state index contributed by atoms with van der Waals surface area (Å²) in [5, 5.41) is 13.8. The van der Waals surface area contributed by atoms with E-state index in [0.29, 0.717) is 5.69 Å². The molecule has 0 saturated carbocycles. The van der Waals surface area contributed by atoms with E-state index < -0.39 is 23.2 Å². The lowest BCUT2D eigenvalue weighted by atomic mass is 10.0. The van der Waals surface area contributed by atoms with E-state index in [4.69, 9.17) is 5.73 Å². The first-order valence-corrected chi connectivity index (χ1v) is 6.97. The molecule has 2 aromatic rings. The van der Waals surface area contributed by atoms with Gasteiger partial charge in [0.05, 0.1) is 11.9 Å². The van der Waals surface area contributed by atoms with E-state index in [1.165, 1.54) is 0 Å². The van der Waals surface area contributed by atoms with Crippen LogP contribution in [0.3, 0.4) is 0 Å². The molecule has 0 aliphatic carbocycles. The molecular formula is C15H17N5O4. The number of hydrogen-bond acceptors (Lipinski definition) is 5. The molecule has 0 saturated heterocycles. The molecular weight excluding hydrogens is 314 g/mol. The maximum Gasteiger partial charge on any atom is 0.335 e. The Morgan fingerprint density at radius 1 is 1.29 bits per heavy atom. The summed E-state index contributed by atoms with van der Waals surface area (Å²) in [5.41, 5.74) is 7.80. The number of aromatic amines is 1. The van der Waals surface area contributed by atoms with Gasteiger partial charge < -0.3 is 10.8 Å². The van der Waals surface area contributed by atoms with Crippen molar-refractivity contribution in [2.24, 2.45) is 10.8 Å². The highest BCUT2D eigenvalue weighted by atomic mass is 16.3. The first-order valence-electron chi connectivity index (χ1n) is 6.97. The zero-order valence-electron chi connectivity index (χ0n) is 13.4. The summed E-state index contributed by atoms with van der Waals surface area (Å²) in [6.45, 7) is 5.48. The number of rotatable bonds is 3. The summed E-state index contributed by atoms with van der Waals surface area (Å²) in [6, 6.07) is 2.77. The summed E-state index contributed by atoms with van der Waals surface area (Å²) in [5.74, 6) is -0.589. The molecule has 2 amide bonds. The van der Waals surface area contributed by atoms with Gasteiger partial charge in [-0.2, -0.15) is 5.10 Å². The van der Waals surface area contributed by atoms with Crippen LogP contribution in [-0.2, 0) is 0 Å². The van der Waals surface area contributed by atoms with Gasteiger partial charge in [-0.1, -0.05) is 17.7 Å². The van der Waals surface area contributed by atoms with Crippen molar-refractivity contribution in [2.75, 3.05) is 0 Å². The predicted octanol–water partition coefficient (Wildman–Crippen LogP) is 0.159. The molecule has 0 fully saturated rings. The molecule has 2 rings (SSSR count). The van der Waals surface area contributed by atoms with Gasteiger partial charge in [0.25, 0.3) is 5.56 Å². The van der Waals surface area contributed by atoms with Gasteiger partial charge in [-0.3, -0.25) is 9.78 Å². The van der Waals surface area contributed by atoms with Gasteiger partial charge in [0, 0.05) is 0 Å². The molecule has 9 nitrogen and oxygen atoms in total. The SMILES string of the molecule is Cc1cc(C)c(-n2c(O)c(C=NNC(N)=O)c(=O)[nH]c2=O)c(C)c1. The number of benzene rings is 1. The van der Waals surface area contributed by atoms with Crippen LogP contribution in [0.2, 0.25) is 0 Å². The molecule has 0 aliphatic rings. The lowest BCUT2D eigenvalue weighted by Crippen LogP contribution is -2.32. The third-order valence-corrected chi connectivity index (χ3v) is 3.35. The van der Waals surface area contributed by atoms with Crippen molar-refractivity contribution < 1.29 is 9.90 Å². The highest BCUT2D eigenvalue weighted by Gasteiger charge is 2.17. The van der Waals surface area contributed by atoms with Crippen LogP contribution in [0.25, 0.3) is 5.69 Å². The number of aryl methyl sites for hydroxylation is 3. The molecule has 0 unspecified atom stereocenters. The minimum atomic E-state index is -0.930. The average Bonchev–Trinajstić information content (AvgIpc) is 2.44. The first kappa shape index (κ1) is 17.0. The lowest BCUT2D eigenvalue weighted by Gasteiger charge is -2.15. The zero-order chi connectivity index (χ0) is 18.0. The van der Waals surface area contributed by atoms with Crippen LogP contribution in [-0.4, -0.2) is 26.9 Å². The van der Waals surface area contributed by atoms with Crippen molar-refractivity contribution >= 4 is 12.2 Å². The number of nitrogens with two attached hydrogens (primary N) is 1. The topological polar surface area (TPSA) is 143 Å². The molecule has 0 bridgehead atoms. The summed E-state index contributed by atoms with van der Waals surface area (Å²) < 4.78 is 0.983. The first-order chi connectivity index (χ1) is 11.2. The lowest BCUT2D eigenvalue weighted by molar-refractivity contribution is 0.249. The molecule has 5 N–H and O–H groups in total. The summed E-state index contributed by atoms with van der Waals surface area (Å²) in [7, 11) is 0. The summed E-state index contributed by atoms with van der Waals surface area (Å²) in [4.78, 5) is 36.8. The fourth-order valence-electron chi connectivity index (χ4n) is 2.55. The molecule has 0 atom stereocenters. The molecule has 9 heteroatoms. The highest BCUT2D eigenvalue weighted by molar-refractivity contribution is 5.83. The van der Waals surface area contributed by atoms with Gasteiger partial charge in [0.1, 0.15) is 5.56 Å². The monoisotopic (exact) mass is 331 g/mol. The number of aromatic nitrogens is 2. The highest BCUT2D eigenvalue weighted by Crippen LogP contribution is 2.23. The Hall–Kier alpha value is -3.36. The van der Waals surface area contributed by atoms with Crippen LogP contribution in [0.4, 0.5) is 4.79 Å². The molecule has 1 heterocycles. The Balaban J connectivity index is 2.73. The minimum absolute atomic E-state index is 0.289. The number of nitrogens with one attached hydrogen (secondary N) is 2. The van der Waals surface area contributed by atoms with E-state index in [0.717, 1.165) is 27.5 Å². The van der Waals surface area contributed by atoms with Gasteiger partial charge >= 0.3 is 11.7 Å². The number of nitrogens with zero attached hydrogens (tertiary/aromatic N) is 2. The second-order valence-electron chi connectivity index (χ2n) is 5.31. The Morgan fingerprint density at radius 3 is 2.42 bits per heavy atom. The van der Waals surface area contributed by atoms with E-state index in [9.17, 15) is 19.5 Å². The van der Waals surface area contributed by atoms with Crippen LogP contribution in [0.1, 0.15) is 22.3 Å². The van der Waals surface area contributed by atoms with Crippen molar-refractivity contribution in [1.82, 2.24) is 15.0 Å². The Morgan fingerprint density at radius 2 is 1.88 bits per heavy atom. The van der Waals surface area contributed by atoms with Gasteiger partial charge in [-0.15, -0.1) is 0 Å². The number of amides is 2. The van der Waals surface area contributed by atoms with E-state index >= 15 is 0 Å². The number of carbonyl (C=O) groups is 1. The number of urea groups is 1. The number of primary amides is 1. The number of carbonyl (C=O) groups excluding carboxylic acids is 1. The standard InChI is InChI=1S/C15H17N5O4/c1-7-4-8(2)11(9(3)5-7)20-13(22)10(6-17-19-14(16)23)12(21)18-15(20)24/h4-6,22H,1-3H3,(H3,16,19,23)(H,18,21,24). The van der Waals surface area contributed by atoms with E-state index in [2.05, 4.69) is 10.1 Å². The van der Waals surface area contributed by atoms with Gasteiger partial charge in [-0.05, 0) is 31.9 Å². The maximum absolute atomic E-state index is 12.2. The average molecular weight is 331 g/mol. The predicted molar refractivity (Wildman–Crippen MR) is 88.8 cm³/mol. The quantitative estimate of drug-likeness (QED) is 0.469. The largest absolute Gasteiger partial charge is 0.493 e. The molecule has 0 spiro atoms. The third kappa shape index (κ3) is 3.19. The van der Waals surface area contributed by atoms with Crippen molar-refractivity contribution in [3.8, 4) is 11.6 Å². The smallest absolute Gasteiger partial charge is 0.335 e. The number of aromatic hydroxyl groups is 1. The molecule has 24 heavy (non-hydrogen) atoms. The molecule has 1 aromatic carbocycles. The fourth-order valence-corrected chi connectivity index (χ4v) is 2.55. The zero-order valence-corrected chi connectivity index (χ0v) is 13.4. The van der Waals surface area contributed by atoms with Crippen molar-refractivity contribution in [3.63, 3.8) is 0 Å². The van der Waals surface area contributed by atoms with Crippen LogP contribution in [0.5, 0.6) is 5.88 Å². The van der Waals surface area contributed by atoms with E-state index in [1.807, 2.05) is 24.5 Å². The van der Waals surface area contributed by atoms with Crippen LogP contribution >= 0.6 is 0 Å². The van der Waals surface area contributed by atoms with Crippen molar-refractivity contribution in [3.05, 3.63) is 55.2 Å². The maximum atomic E-state index is 12.2. The fraction of sp³-hybridized carbons (Fsp3) is 0.200. The molecule has 0 radical (unpaired) electrons. The van der Waals surface area contributed by atoms with E-state index in [-0.39, 0.29) is 5.56 Å². The van der Waals surface area contributed by atoms with Crippen LogP contribution in [0.15, 0.2) is 26.8 Å². The van der Waals surface area contributed by atoms with Crippen molar-refractivity contribution in [2.45, 2.75) is 20.8 Å². The Labute approximate surface area is 136 Å². The second-order valence-corrected chi connectivity index (χ2v) is 5.31. The molecule has 126 valence electrons. The molecule has 0 aliphatic heterocycles.